The highest BCUT2D eigenvalue weighted by atomic mass is 35.5. The molecule has 0 aliphatic heterocycles. The van der Waals surface area contributed by atoms with Gasteiger partial charge in [0.15, 0.2) is 0 Å². The summed E-state index contributed by atoms with van der Waals surface area (Å²) in [6.07, 6.45) is 0. The quantitative estimate of drug-likeness (QED) is 0.779. The van der Waals surface area contributed by atoms with E-state index in [4.69, 9.17) is 16.3 Å². The van der Waals surface area contributed by atoms with E-state index < -0.39 is 0 Å². The molecule has 0 saturated heterocycles. The van der Waals surface area contributed by atoms with Crippen molar-refractivity contribution in [2.24, 2.45) is 0 Å². The van der Waals surface area contributed by atoms with Crippen molar-refractivity contribution in [1.29, 1.82) is 0 Å². The number of alkyl halides is 1. The largest absolute Gasteiger partial charge is 0.478 e. The van der Waals surface area contributed by atoms with Crippen LogP contribution in [0, 0.1) is 6.92 Å². The number of ether oxygens (including phenoxy) is 1. The average molecular weight is 251 g/mol. The fourth-order valence-corrected chi connectivity index (χ4v) is 2.03. The Morgan fingerprint density at radius 2 is 2.00 bits per heavy atom. The Balaban J connectivity index is 2.54. The smallest absolute Gasteiger partial charge is 0.221 e. The third-order valence-corrected chi connectivity index (χ3v) is 2.82. The lowest BCUT2D eigenvalue weighted by Gasteiger charge is -2.08. The third kappa shape index (κ3) is 2.29. The van der Waals surface area contributed by atoms with Crippen molar-refractivity contribution in [3.63, 3.8) is 0 Å². The van der Waals surface area contributed by atoms with E-state index in [1.807, 2.05) is 44.2 Å². The molecule has 0 atom stereocenters. The van der Waals surface area contributed by atoms with Crippen molar-refractivity contribution in [3.8, 4) is 11.6 Å². The van der Waals surface area contributed by atoms with Gasteiger partial charge in [0.1, 0.15) is 0 Å². The van der Waals surface area contributed by atoms with Gasteiger partial charge in [-0.1, -0.05) is 18.2 Å². The van der Waals surface area contributed by atoms with Gasteiger partial charge in [0, 0.05) is 0 Å². The molecule has 0 spiro atoms. The number of aryl methyl sites for hydroxylation is 1. The van der Waals surface area contributed by atoms with Crippen LogP contribution in [0.25, 0.3) is 5.69 Å². The Kier molecular flexibility index (Phi) is 3.69. The van der Waals surface area contributed by atoms with Gasteiger partial charge in [-0.15, -0.1) is 11.6 Å². The Bertz CT molecular complexity index is 494. The summed E-state index contributed by atoms with van der Waals surface area (Å²) in [7, 11) is 0. The molecule has 0 unspecified atom stereocenters. The fraction of sp³-hybridized carbons (Fsp3) is 0.308. The van der Waals surface area contributed by atoms with E-state index in [-0.39, 0.29) is 0 Å². The maximum absolute atomic E-state index is 5.94. The Hall–Kier alpha value is -1.48. The summed E-state index contributed by atoms with van der Waals surface area (Å²) in [5.41, 5.74) is 2.85. The number of hydrogen-bond donors (Lipinski definition) is 0. The summed E-state index contributed by atoms with van der Waals surface area (Å²) in [5.74, 6) is 1.15. The Labute approximate surface area is 106 Å². The minimum absolute atomic E-state index is 0.411. The maximum atomic E-state index is 5.94. The van der Waals surface area contributed by atoms with E-state index in [1.54, 1.807) is 4.68 Å². The third-order valence-electron chi connectivity index (χ3n) is 2.55. The lowest BCUT2D eigenvalue weighted by atomic mass is 10.3. The minimum atomic E-state index is 0.411. The second-order valence-corrected chi connectivity index (χ2v) is 3.95. The topological polar surface area (TPSA) is 27.1 Å². The van der Waals surface area contributed by atoms with Crippen LogP contribution < -0.4 is 4.74 Å². The van der Waals surface area contributed by atoms with Crippen LogP contribution in [0.3, 0.4) is 0 Å². The number of para-hydroxylation sites is 1. The molecule has 17 heavy (non-hydrogen) atoms. The predicted octanol–water partition coefficient (Wildman–Crippen LogP) is 3.32. The molecular weight excluding hydrogens is 236 g/mol. The molecule has 0 fully saturated rings. The number of nitrogens with zero attached hydrogens (tertiary/aromatic N) is 2. The van der Waals surface area contributed by atoms with E-state index in [0.717, 1.165) is 22.8 Å². The minimum Gasteiger partial charge on any atom is -0.478 e. The Morgan fingerprint density at radius 1 is 1.29 bits per heavy atom. The highest BCUT2D eigenvalue weighted by Gasteiger charge is 2.16. The lowest BCUT2D eigenvalue weighted by molar-refractivity contribution is 0.314. The number of halogens is 1. The van der Waals surface area contributed by atoms with E-state index in [0.29, 0.717) is 12.5 Å². The van der Waals surface area contributed by atoms with Crippen molar-refractivity contribution in [1.82, 2.24) is 9.78 Å². The molecule has 1 aromatic heterocycles. The highest BCUT2D eigenvalue weighted by molar-refractivity contribution is 6.17. The van der Waals surface area contributed by atoms with Crippen LogP contribution in [0.2, 0.25) is 0 Å². The van der Waals surface area contributed by atoms with Gasteiger partial charge in [-0.3, -0.25) is 0 Å². The zero-order valence-corrected chi connectivity index (χ0v) is 10.7. The Morgan fingerprint density at radius 3 is 2.59 bits per heavy atom. The van der Waals surface area contributed by atoms with Crippen LogP contribution in [0.1, 0.15) is 18.2 Å². The summed E-state index contributed by atoms with van der Waals surface area (Å²) in [4.78, 5) is 0. The molecule has 0 bridgehead atoms. The highest BCUT2D eigenvalue weighted by Crippen LogP contribution is 2.27. The van der Waals surface area contributed by atoms with Gasteiger partial charge in [-0.05, 0) is 26.0 Å². The molecule has 4 heteroatoms. The van der Waals surface area contributed by atoms with Gasteiger partial charge in [-0.2, -0.15) is 5.10 Å². The van der Waals surface area contributed by atoms with Crippen LogP contribution in [-0.4, -0.2) is 16.4 Å². The van der Waals surface area contributed by atoms with Crippen LogP contribution in [0.4, 0.5) is 0 Å². The summed E-state index contributed by atoms with van der Waals surface area (Å²) < 4.78 is 7.45. The normalized spacial score (nSPS) is 10.5. The fourth-order valence-electron chi connectivity index (χ4n) is 1.72. The van der Waals surface area contributed by atoms with E-state index in [9.17, 15) is 0 Å². The van der Waals surface area contributed by atoms with E-state index in [2.05, 4.69) is 5.10 Å². The standard InChI is InChI=1S/C13H15ClN2O/c1-3-17-13-12(9-14)10(2)15-16(13)11-7-5-4-6-8-11/h4-8H,3,9H2,1-2H3. The molecule has 0 saturated carbocycles. The van der Waals surface area contributed by atoms with Gasteiger partial charge >= 0.3 is 0 Å². The monoisotopic (exact) mass is 250 g/mol. The van der Waals surface area contributed by atoms with Crippen LogP contribution >= 0.6 is 11.6 Å². The summed E-state index contributed by atoms with van der Waals surface area (Å²) >= 11 is 5.94. The van der Waals surface area contributed by atoms with Gasteiger partial charge in [0.25, 0.3) is 0 Å². The first-order chi connectivity index (χ1) is 8.27. The van der Waals surface area contributed by atoms with Gasteiger partial charge in [0.2, 0.25) is 5.88 Å². The molecule has 0 radical (unpaired) electrons. The van der Waals surface area contributed by atoms with Crippen molar-refractivity contribution >= 4 is 11.6 Å². The number of rotatable bonds is 4. The van der Waals surface area contributed by atoms with Gasteiger partial charge < -0.3 is 4.74 Å². The van der Waals surface area contributed by atoms with E-state index in [1.165, 1.54) is 0 Å². The molecule has 3 nitrogen and oxygen atoms in total. The second kappa shape index (κ2) is 5.23. The maximum Gasteiger partial charge on any atom is 0.221 e. The summed E-state index contributed by atoms with van der Waals surface area (Å²) in [5, 5.41) is 4.48. The molecule has 0 aliphatic rings. The molecule has 0 aliphatic carbocycles. The van der Waals surface area contributed by atoms with Crippen LogP contribution in [0.15, 0.2) is 30.3 Å². The molecular formula is C13H15ClN2O. The van der Waals surface area contributed by atoms with Crippen molar-refractivity contribution in [2.75, 3.05) is 6.61 Å². The first kappa shape index (κ1) is 12.0. The molecule has 90 valence electrons. The zero-order chi connectivity index (χ0) is 12.3. The zero-order valence-electron chi connectivity index (χ0n) is 9.98. The van der Waals surface area contributed by atoms with Crippen LogP contribution in [-0.2, 0) is 5.88 Å². The van der Waals surface area contributed by atoms with Crippen molar-refractivity contribution < 1.29 is 4.74 Å². The average Bonchev–Trinajstić information content (AvgIpc) is 2.67. The molecule has 1 heterocycles. The molecule has 0 N–H and O–H groups in total. The van der Waals surface area contributed by atoms with Gasteiger partial charge in [-0.25, -0.2) is 4.68 Å². The molecule has 0 amide bonds. The second-order valence-electron chi connectivity index (χ2n) is 3.68. The lowest BCUT2D eigenvalue weighted by Crippen LogP contribution is -2.03. The first-order valence-corrected chi connectivity index (χ1v) is 6.14. The van der Waals surface area contributed by atoms with Crippen molar-refractivity contribution in [2.45, 2.75) is 19.7 Å². The molecule has 2 rings (SSSR count). The molecule has 2 aromatic rings. The number of benzene rings is 1. The van der Waals surface area contributed by atoms with Crippen LogP contribution in [0.5, 0.6) is 5.88 Å². The first-order valence-electron chi connectivity index (χ1n) is 5.60. The van der Waals surface area contributed by atoms with E-state index >= 15 is 0 Å². The number of aromatic nitrogens is 2. The SMILES string of the molecule is CCOc1c(CCl)c(C)nn1-c1ccccc1. The number of hydrogen-bond acceptors (Lipinski definition) is 2. The summed E-state index contributed by atoms with van der Waals surface area (Å²) in [6.45, 7) is 4.50. The summed E-state index contributed by atoms with van der Waals surface area (Å²) in [6, 6.07) is 9.91. The molecule has 1 aromatic carbocycles. The predicted molar refractivity (Wildman–Crippen MR) is 69.0 cm³/mol. The van der Waals surface area contributed by atoms with Gasteiger partial charge in [0.05, 0.1) is 29.4 Å². The van der Waals surface area contributed by atoms with Crippen molar-refractivity contribution in [3.05, 3.63) is 41.6 Å².